The molecule has 1 aliphatic rings. The summed E-state index contributed by atoms with van der Waals surface area (Å²) in [6, 6.07) is 1.29. The predicted molar refractivity (Wildman–Crippen MR) is 57.5 cm³/mol. The molecule has 0 unspecified atom stereocenters. The highest BCUT2D eigenvalue weighted by Gasteiger charge is 2.40. The fraction of sp³-hybridized carbons (Fsp3) is 0.250. The first-order chi connectivity index (χ1) is 7.89. The average Bonchev–Trinajstić information content (AvgIpc) is 2.83. The lowest BCUT2D eigenvalue weighted by Crippen LogP contribution is -2.24. The Morgan fingerprint density at radius 1 is 1.41 bits per heavy atom. The van der Waals surface area contributed by atoms with Crippen molar-refractivity contribution in [2.75, 3.05) is 0 Å². The molecule has 0 aromatic carbocycles. The molecule has 1 aromatic heterocycles. The number of halogens is 3. The lowest BCUT2D eigenvalue weighted by atomic mass is 10.1. The molecule has 2 nitrogen and oxygen atoms in total. The maximum atomic E-state index is 12.3. The summed E-state index contributed by atoms with van der Waals surface area (Å²) in [6.07, 6.45) is 2.98. The number of carbonyl (C=O) groups is 1. The molecule has 90 valence electrons. The van der Waals surface area contributed by atoms with Crippen molar-refractivity contribution >= 4 is 11.4 Å². The van der Waals surface area contributed by atoms with E-state index in [0.717, 1.165) is 5.57 Å². The highest BCUT2D eigenvalue weighted by Crippen LogP contribution is 2.28. The maximum absolute atomic E-state index is 12.3. The standard InChI is InChI=1S/C12H10F3NO/c1-16-7-9(8-4-2-3-5-8)6-10(16)11(17)12(13,14)15/h2-4,6-7H,5H2,1H3. The van der Waals surface area contributed by atoms with Gasteiger partial charge in [0, 0.05) is 13.2 Å². The second kappa shape index (κ2) is 3.91. The van der Waals surface area contributed by atoms with Crippen molar-refractivity contribution in [1.29, 1.82) is 0 Å². The zero-order chi connectivity index (χ0) is 12.6. The molecule has 0 saturated heterocycles. The van der Waals surface area contributed by atoms with Gasteiger partial charge < -0.3 is 4.57 Å². The first kappa shape index (κ1) is 11.7. The number of hydrogen-bond acceptors (Lipinski definition) is 1. The third-order valence-corrected chi connectivity index (χ3v) is 2.64. The van der Waals surface area contributed by atoms with Crippen LogP contribution >= 0.6 is 0 Å². The molecular weight excluding hydrogens is 231 g/mol. The quantitative estimate of drug-likeness (QED) is 0.729. The zero-order valence-corrected chi connectivity index (χ0v) is 9.08. The highest BCUT2D eigenvalue weighted by atomic mass is 19.4. The Bertz CT molecular complexity index is 520. The Balaban J connectivity index is 2.35. The summed E-state index contributed by atoms with van der Waals surface area (Å²) >= 11 is 0. The van der Waals surface area contributed by atoms with Crippen molar-refractivity contribution in [1.82, 2.24) is 4.57 Å². The summed E-state index contributed by atoms with van der Waals surface area (Å²) in [6.45, 7) is 0. The molecule has 0 atom stereocenters. The molecule has 5 heteroatoms. The van der Waals surface area contributed by atoms with Gasteiger partial charge in [0.2, 0.25) is 0 Å². The van der Waals surface area contributed by atoms with Crippen molar-refractivity contribution in [2.24, 2.45) is 7.05 Å². The van der Waals surface area contributed by atoms with Crippen LogP contribution in [-0.4, -0.2) is 16.5 Å². The largest absolute Gasteiger partial charge is 0.456 e. The highest BCUT2D eigenvalue weighted by molar-refractivity contribution is 5.99. The van der Waals surface area contributed by atoms with Crippen LogP contribution in [0.3, 0.4) is 0 Å². The van der Waals surface area contributed by atoms with Gasteiger partial charge in [0.05, 0.1) is 5.69 Å². The number of aryl methyl sites for hydroxylation is 1. The second-order valence-electron chi connectivity index (χ2n) is 3.88. The van der Waals surface area contributed by atoms with Crippen molar-refractivity contribution in [2.45, 2.75) is 12.6 Å². The smallest absolute Gasteiger partial charge is 0.347 e. The van der Waals surface area contributed by atoms with E-state index in [0.29, 0.717) is 12.0 Å². The normalized spacial score (nSPS) is 15.2. The molecule has 0 N–H and O–H groups in total. The Labute approximate surface area is 96.0 Å². The van der Waals surface area contributed by atoms with Crippen molar-refractivity contribution < 1.29 is 18.0 Å². The Morgan fingerprint density at radius 2 is 2.12 bits per heavy atom. The van der Waals surface area contributed by atoms with E-state index in [-0.39, 0.29) is 5.69 Å². The van der Waals surface area contributed by atoms with Gasteiger partial charge in [0.15, 0.2) is 0 Å². The number of ketones is 1. The summed E-state index contributed by atoms with van der Waals surface area (Å²) in [5.41, 5.74) is 1.24. The van der Waals surface area contributed by atoms with Crippen LogP contribution in [0.4, 0.5) is 13.2 Å². The molecule has 0 radical (unpaired) electrons. The van der Waals surface area contributed by atoms with Gasteiger partial charge in [-0.15, -0.1) is 0 Å². The predicted octanol–water partition coefficient (Wildman–Crippen LogP) is 3.11. The molecule has 1 aliphatic carbocycles. The van der Waals surface area contributed by atoms with E-state index in [4.69, 9.17) is 0 Å². The number of Topliss-reactive ketones (excluding diaryl/α,β-unsaturated/α-hetero) is 1. The van der Waals surface area contributed by atoms with Crippen molar-refractivity contribution in [3.63, 3.8) is 0 Å². The van der Waals surface area contributed by atoms with E-state index in [1.165, 1.54) is 23.9 Å². The van der Waals surface area contributed by atoms with Gasteiger partial charge in [-0.05, 0) is 23.6 Å². The zero-order valence-electron chi connectivity index (χ0n) is 9.08. The first-order valence-electron chi connectivity index (χ1n) is 5.03. The van der Waals surface area contributed by atoms with Gasteiger partial charge in [-0.1, -0.05) is 18.2 Å². The first-order valence-corrected chi connectivity index (χ1v) is 5.03. The van der Waals surface area contributed by atoms with Crippen molar-refractivity contribution in [3.05, 3.63) is 41.7 Å². The maximum Gasteiger partial charge on any atom is 0.456 e. The van der Waals surface area contributed by atoms with E-state index < -0.39 is 12.0 Å². The number of aromatic nitrogens is 1. The second-order valence-corrected chi connectivity index (χ2v) is 3.88. The van der Waals surface area contributed by atoms with Crippen LogP contribution in [-0.2, 0) is 7.05 Å². The number of rotatable bonds is 2. The number of hydrogen-bond donors (Lipinski definition) is 0. The minimum absolute atomic E-state index is 0.333. The van der Waals surface area contributed by atoms with Crippen LogP contribution in [0.1, 0.15) is 22.5 Å². The van der Waals surface area contributed by atoms with Crippen LogP contribution in [0, 0.1) is 0 Å². The molecule has 0 amide bonds. The van der Waals surface area contributed by atoms with Crippen LogP contribution in [0.2, 0.25) is 0 Å². The SMILES string of the molecule is Cn1cc(C2=CC=CC2)cc1C(=O)C(F)(F)F. The summed E-state index contributed by atoms with van der Waals surface area (Å²) in [5.74, 6) is -1.81. The molecular formula is C12H10F3NO. The van der Waals surface area contributed by atoms with Gasteiger partial charge >= 0.3 is 6.18 Å². The van der Waals surface area contributed by atoms with Crippen LogP contribution in [0.25, 0.3) is 5.57 Å². The summed E-state index contributed by atoms with van der Waals surface area (Å²) in [7, 11) is 1.44. The van der Waals surface area contributed by atoms with Gasteiger partial charge in [0.1, 0.15) is 0 Å². The topological polar surface area (TPSA) is 22.0 Å². The molecule has 0 aliphatic heterocycles. The summed E-state index contributed by atoms with van der Waals surface area (Å²) < 4.78 is 38.1. The lowest BCUT2D eigenvalue weighted by molar-refractivity contribution is -0.0890. The molecule has 0 spiro atoms. The average molecular weight is 241 g/mol. The van der Waals surface area contributed by atoms with Crippen molar-refractivity contribution in [3.8, 4) is 0 Å². The van der Waals surface area contributed by atoms with Crippen LogP contribution < -0.4 is 0 Å². The van der Waals surface area contributed by atoms with Gasteiger partial charge in [-0.25, -0.2) is 0 Å². The lowest BCUT2D eigenvalue weighted by Gasteiger charge is -2.04. The van der Waals surface area contributed by atoms with Crippen LogP contribution in [0.5, 0.6) is 0 Å². The van der Waals surface area contributed by atoms with Gasteiger partial charge in [-0.3, -0.25) is 4.79 Å². The van der Waals surface area contributed by atoms with Gasteiger partial charge in [-0.2, -0.15) is 13.2 Å². The fourth-order valence-corrected chi connectivity index (χ4v) is 1.77. The number of allylic oxidation sites excluding steroid dienone is 4. The molecule has 0 fully saturated rings. The Hall–Kier alpha value is -1.78. The minimum atomic E-state index is -4.83. The fourth-order valence-electron chi connectivity index (χ4n) is 1.77. The molecule has 1 aromatic rings. The van der Waals surface area contributed by atoms with E-state index >= 15 is 0 Å². The third kappa shape index (κ3) is 2.18. The van der Waals surface area contributed by atoms with Crippen LogP contribution in [0.15, 0.2) is 30.5 Å². The number of nitrogens with zero attached hydrogens (tertiary/aromatic N) is 1. The molecule has 0 bridgehead atoms. The molecule has 1 heterocycles. The third-order valence-electron chi connectivity index (χ3n) is 2.64. The number of carbonyl (C=O) groups excluding carboxylic acids is 1. The summed E-state index contributed by atoms with van der Waals surface area (Å²) in [4.78, 5) is 11.1. The number of alkyl halides is 3. The van der Waals surface area contributed by atoms with Gasteiger partial charge in [0.25, 0.3) is 5.78 Å². The molecule has 0 saturated carbocycles. The van der Waals surface area contributed by atoms with E-state index in [2.05, 4.69) is 0 Å². The molecule has 2 rings (SSSR count). The molecule has 17 heavy (non-hydrogen) atoms. The Morgan fingerprint density at radius 3 is 2.65 bits per heavy atom. The van der Waals surface area contributed by atoms with E-state index in [9.17, 15) is 18.0 Å². The van der Waals surface area contributed by atoms with E-state index in [1.807, 2.05) is 18.2 Å². The Kier molecular flexibility index (Phi) is 2.69. The summed E-state index contributed by atoms with van der Waals surface area (Å²) in [5, 5.41) is 0. The van der Waals surface area contributed by atoms with E-state index in [1.54, 1.807) is 0 Å². The minimum Gasteiger partial charge on any atom is -0.347 e. The monoisotopic (exact) mass is 241 g/mol.